The summed E-state index contributed by atoms with van der Waals surface area (Å²) in [7, 11) is -2.45. The lowest BCUT2D eigenvalue weighted by atomic mass is 10.3. The molecule has 3 heterocycles. The van der Waals surface area contributed by atoms with Crippen LogP contribution < -0.4 is 14.5 Å². The van der Waals surface area contributed by atoms with Gasteiger partial charge >= 0.3 is 0 Å². The molecule has 4 rings (SSSR count). The second-order valence-electron chi connectivity index (χ2n) is 7.00. The minimum Gasteiger partial charge on any atom is -0.494 e. The number of sulfonamides is 1. The normalized spacial score (nSPS) is 18.5. The van der Waals surface area contributed by atoms with Crippen LogP contribution in [0.2, 0.25) is 0 Å². The molecule has 1 aromatic heterocycles. The Bertz CT molecular complexity index is 992. The van der Waals surface area contributed by atoms with Crippen LogP contribution in [0.15, 0.2) is 35.4 Å². The Balaban J connectivity index is 1.44. The van der Waals surface area contributed by atoms with E-state index in [9.17, 15) is 12.8 Å². The first kappa shape index (κ1) is 20.8. The highest BCUT2D eigenvalue weighted by Crippen LogP contribution is 2.25. The standard InChI is InChI=1S/C19H24FN5O4S/c1-28-17-3-2-15(14-16(17)20)30(26,27)25-8-6-23(7-9-25)18-4-5-21-19(22-18)24-10-12-29-13-11-24/h2-5,14H,6-13H2,1H3. The van der Waals surface area contributed by atoms with E-state index in [0.29, 0.717) is 32.3 Å². The second-order valence-corrected chi connectivity index (χ2v) is 8.94. The predicted molar refractivity (Wildman–Crippen MR) is 109 cm³/mol. The van der Waals surface area contributed by atoms with Crippen LogP contribution in [0, 0.1) is 5.82 Å². The average molecular weight is 437 g/mol. The highest BCUT2D eigenvalue weighted by molar-refractivity contribution is 7.89. The molecule has 0 saturated carbocycles. The number of hydrogen-bond donors (Lipinski definition) is 0. The van der Waals surface area contributed by atoms with Gasteiger partial charge in [-0.1, -0.05) is 0 Å². The molecule has 0 aliphatic carbocycles. The Labute approximate surface area is 175 Å². The molecule has 11 heteroatoms. The van der Waals surface area contributed by atoms with Gasteiger partial charge in [-0.05, 0) is 24.3 Å². The predicted octanol–water partition coefficient (Wildman–Crippen LogP) is 0.972. The van der Waals surface area contributed by atoms with Crippen LogP contribution in [0.25, 0.3) is 0 Å². The van der Waals surface area contributed by atoms with Gasteiger partial charge < -0.3 is 19.3 Å². The third kappa shape index (κ3) is 4.18. The molecule has 2 saturated heterocycles. The van der Waals surface area contributed by atoms with Crippen molar-refractivity contribution in [2.75, 3.05) is 69.4 Å². The Morgan fingerprint density at radius 3 is 2.43 bits per heavy atom. The van der Waals surface area contributed by atoms with Crippen LogP contribution in [0.1, 0.15) is 0 Å². The highest BCUT2D eigenvalue weighted by Gasteiger charge is 2.30. The van der Waals surface area contributed by atoms with Crippen LogP contribution in [0.4, 0.5) is 16.2 Å². The lowest BCUT2D eigenvalue weighted by Gasteiger charge is -2.35. The number of aromatic nitrogens is 2. The van der Waals surface area contributed by atoms with Crippen molar-refractivity contribution in [1.82, 2.24) is 14.3 Å². The summed E-state index contributed by atoms with van der Waals surface area (Å²) in [6, 6.07) is 5.52. The molecule has 0 bridgehead atoms. The topological polar surface area (TPSA) is 88.1 Å². The van der Waals surface area contributed by atoms with Crippen molar-refractivity contribution in [1.29, 1.82) is 0 Å². The van der Waals surface area contributed by atoms with E-state index in [4.69, 9.17) is 9.47 Å². The molecule has 2 fully saturated rings. The molecule has 1 aromatic carbocycles. The molecule has 162 valence electrons. The van der Waals surface area contributed by atoms with Gasteiger partial charge in [0.25, 0.3) is 0 Å². The maximum absolute atomic E-state index is 14.0. The molecule has 0 unspecified atom stereocenters. The summed E-state index contributed by atoms with van der Waals surface area (Å²) in [4.78, 5) is 13.0. The van der Waals surface area contributed by atoms with Crippen molar-refractivity contribution in [3.8, 4) is 5.75 Å². The fraction of sp³-hybridized carbons (Fsp3) is 0.474. The van der Waals surface area contributed by atoms with E-state index in [1.165, 1.54) is 23.5 Å². The Morgan fingerprint density at radius 1 is 1.03 bits per heavy atom. The quantitative estimate of drug-likeness (QED) is 0.684. The molecule has 2 aliphatic rings. The summed E-state index contributed by atoms with van der Waals surface area (Å²) in [6.45, 7) is 4.32. The van der Waals surface area contributed by atoms with Crippen LogP contribution >= 0.6 is 0 Å². The number of hydrogen-bond acceptors (Lipinski definition) is 8. The second kappa shape index (κ2) is 8.70. The van der Waals surface area contributed by atoms with Crippen molar-refractivity contribution in [2.45, 2.75) is 4.90 Å². The van der Waals surface area contributed by atoms with Crippen molar-refractivity contribution in [2.24, 2.45) is 0 Å². The first-order chi connectivity index (χ1) is 14.5. The third-order valence-electron chi connectivity index (χ3n) is 5.25. The van der Waals surface area contributed by atoms with Gasteiger partial charge in [0.15, 0.2) is 11.6 Å². The van der Waals surface area contributed by atoms with E-state index >= 15 is 0 Å². The molecule has 0 radical (unpaired) electrons. The van der Waals surface area contributed by atoms with Gasteiger partial charge in [0.2, 0.25) is 16.0 Å². The van der Waals surface area contributed by atoms with Crippen molar-refractivity contribution in [3.05, 3.63) is 36.3 Å². The number of rotatable bonds is 5. The largest absolute Gasteiger partial charge is 0.494 e. The van der Waals surface area contributed by atoms with Crippen LogP contribution in [-0.4, -0.2) is 82.3 Å². The smallest absolute Gasteiger partial charge is 0.243 e. The number of morpholine rings is 1. The summed E-state index contributed by atoms with van der Waals surface area (Å²) in [5.41, 5.74) is 0. The number of ether oxygens (including phenoxy) is 2. The monoisotopic (exact) mass is 437 g/mol. The molecule has 0 spiro atoms. The summed E-state index contributed by atoms with van der Waals surface area (Å²) >= 11 is 0. The molecule has 0 amide bonds. The lowest BCUT2D eigenvalue weighted by Crippen LogP contribution is -2.49. The minimum absolute atomic E-state index is 0.0126. The molecule has 30 heavy (non-hydrogen) atoms. The van der Waals surface area contributed by atoms with Gasteiger partial charge in [-0.25, -0.2) is 17.8 Å². The number of methoxy groups -OCH3 is 1. The average Bonchev–Trinajstić information content (AvgIpc) is 2.80. The van der Waals surface area contributed by atoms with E-state index in [1.54, 1.807) is 6.20 Å². The fourth-order valence-corrected chi connectivity index (χ4v) is 4.98. The van der Waals surface area contributed by atoms with Crippen molar-refractivity contribution in [3.63, 3.8) is 0 Å². The van der Waals surface area contributed by atoms with Crippen LogP contribution in [0.3, 0.4) is 0 Å². The highest BCUT2D eigenvalue weighted by atomic mass is 32.2. The number of halogens is 1. The number of anilines is 2. The first-order valence-corrected chi connectivity index (χ1v) is 11.2. The Morgan fingerprint density at radius 2 is 1.77 bits per heavy atom. The summed E-state index contributed by atoms with van der Waals surface area (Å²) in [5.74, 6) is 0.728. The molecule has 0 atom stereocenters. The van der Waals surface area contributed by atoms with Gasteiger partial charge in [0.1, 0.15) is 5.82 Å². The number of piperazine rings is 1. The molecular formula is C19H24FN5O4S. The maximum atomic E-state index is 14.0. The summed E-state index contributed by atoms with van der Waals surface area (Å²) < 4.78 is 51.4. The van der Waals surface area contributed by atoms with E-state index in [0.717, 1.165) is 25.0 Å². The molecule has 9 nitrogen and oxygen atoms in total. The van der Waals surface area contributed by atoms with Gasteiger partial charge in [-0.3, -0.25) is 0 Å². The summed E-state index contributed by atoms with van der Waals surface area (Å²) in [5, 5.41) is 0. The van der Waals surface area contributed by atoms with Crippen molar-refractivity contribution < 1.29 is 22.3 Å². The first-order valence-electron chi connectivity index (χ1n) is 9.73. The zero-order chi connectivity index (χ0) is 21.1. The van der Waals surface area contributed by atoms with Gasteiger partial charge in [0, 0.05) is 45.5 Å². The maximum Gasteiger partial charge on any atom is 0.243 e. The molecular weight excluding hydrogens is 413 g/mol. The van der Waals surface area contributed by atoms with Gasteiger partial charge in [-0.15, -0.1) is 0 Å². The van der Waals surface area contributed by atoms with Crippen LogP contribution in [-0.2, 0) is 14.8 Å². The lowest BCUT2D eigenvalue weighted by molar-refractivity contribution is 0.122. The minimum atomic E-state index is -3.78. The third-order valence-corrected chi connectivity index (χ3v) is 7.14. The van der Waals surface area contributed by atoms with E-state index < -0.39 is 15.8 Å². The fourth-order valence-electron chi connectivity index (χ4n) is 3.55. The van der Waals surface area contributed by atoms with E-state index in [2.05, 4.69) is 14.9 Å². The number of nitrogens with zero attached hydrogens (tertiary/aromatic N) is 5. The van der Waals surface area contributed by atoms with Crippen molar-refractivity contribution >= 4 is 21.8 Å². The SMILES string of the molecule is COc1ccc(S(=O)(=O)N2CCN(c3ccnc(N4CCOCC4)n3)CC2)cc1F. The molecule has 0 N–H and O–H groups in total. The van der Waals surface area contributed by atoms with Gasteiger partial charge in [0.05, 0.1) is 25.2 Å². The number of benzene rings is 1. The van der Waals surface area contributed by atoms with Crippen LogP contribution in [0.5, 0.6) is 5.75 Å². The van der Waals surface area contributed by atoms with E-state index in [-0.39, 0.29) is 23.7 Å². The zero-order valence-electron chi connectivity index (χ0n) is 16.7. The molecule has 2 aliphatic heterocycles. The van der Waals surface area contributed by atoms with Gasteiger partial charge in [-0.2, -0.15) is 9.29 Å². The Hall–Kier alpha value is -2.50. The zero-order valence-corrected chi connectivity index (χ0v) is 17.5. The summed E-state index contributed by atoms with van der Waals surface area (Å²) in [6.07, 6.45) is 1.72. The van der Waals surface area contributed by atoms with E-state index in [1.807, 2.05) is 11.0 Å². The Kier molecular flexibility index (Phi) is 6.02. The molecule has 2 aromatic rings.